The molecule has 0 spiro atoms. The summed E-state index contributed by atoms with van der Waals surface area (Å²) >= 11 is 0. The minimum atomic E-state index is 0.262. The summed E-state index contributed by atoms with van der Waals surface area (Å²) in [6.45, 7) is 7.44. The van der Waals surface area contributed by atoms with Crippen molar-refractivity contribution in [1.82, 2.24) is 14.9 Å². The summed E-state index contributed by atoms with van der Waals surface area (Å²) < 4.78 is 0. The van der Waals surface area contributed by atoms with Crippen LogP contribution in [0.15, 0.2) is 48.8 Å². The molecule has 1 amide bonds. The summed E-state index contributed by atoms with van der Waals surface area (Å²) in [7, 11) is 0. The first-order valence-corrected chi connectivity index (χ1v) is 9.74. The first-order valence-electron chi connectivity index (χ1n) is 9.74. The number of aryl methyl sites for hydroxylation is 1. The molecule has 0 radical (unpaired) electrons. The van der Waals surface area contributed by atoms with Crippen LogP contribution in [-0.4, -0.2) is 53.5 Å². The van der Waals surface area contributed by atoms with Crippen molar-refractivity contribution in [2.75, 3.05) is 31.1 Å². The number of rotatable bonds is 4. The van der Waals surface area contributed by atoms with E-state index in [1.165, 1.54) is 16.8 Å². The molecule has 1 aliphatic heterocycles. The van der Waals surface area contributed by atoms with Crippen LogP contribution in [-0.2, 0) is 11.2 Å². The second-order valence-electron chi connectivity index (χ2n) is 7.36. The van der Waals surface area contributed by atoms with Crippen LogP contribution in [0.25, 0.3) is 11.0 Å². The van der Waals surface area contributed by atoms with E-state index >= 15 is 0 Å². The van der Waals surface area contributed by atoms with Crippen molar-refractivity contribution in [2.45, 2.75) is 26.3 Å². The van der Waals surface area contributed by atoms with E-state index in [-0.39, 0.29) is 6.04 Å². The minimum absolute atomic E-state index is 0.262. The number of benzene rings is 1. The van der Waals surface area contributed by atoms with Gasteiger partial charge in [0.15, 0.2) is 0 Å². The summed E-state index contributed by atoms with van der Waals surface area (Å²) in [5, 5.41) is 0. The van der Waals surface area contributed by atoms with E-state index in [0.717, 1.165) is 50.0 Å². The highest BCUT2D eigenvalue weighted by atomic mass is 16.1. The van der Waals surface area contributed by atoms with E-state index in [9.17, 15) is 4.79 Å². The predicted molar refractivity (Wildman–Crippen MR) is 114 cm³/mol. The molecule has 6 nitrogen and oxygen atoms in total. The number of fused-ring (bicyclic) bond motifs is 1. The molecule has 1 fully saturated rings. The Hall–Kier alpha value is -2.86. The Balaban J connectivity index is 0.000000178. The van der Waals surface area contributed by atoms with Crippen LogP contribution < -0.4 is 10.6 Å². The minimum Gasteiger partial charge on any atom is -0.366 e. The molecule has 0 unspecified atom stereocenters. The highest BCUT2D eigenvalue weighted by molar-refractivity contribution is 5.88. The maximum absolute atomic E-state index is 10.7. The van der Waals surface area contributed by atoms with E-state index < -0.39 is 0 Å². The number of pyridine rings is 1. The second-order valence-corrected chi connectivity index (χ2v) is 7.36. The van der Waals surface area contributed by atoms with Crippen molar-refractivity contribution in [2.24, 2.45) is 5.73 Å². The molecule has 28 heavy (non-hydrogen) atoms. The summed E-state index contributed by atoms with van der Waals surface area (Å²) in [6.07, 6.45) is 5.63. The standard InChI is InChI=1S/C12H14N4O.C10H15N/c17-9-15-5-7-16(8-6-15)11-2-4-13-10-1-3-14-12(10)11;1-8-3-5-10(6-4-8)7-9(2)11/h1-4,9,14H,5-8H2;3-6,9H,7,11H2,1-2H3/t;9-/m.0/s1. The number of aromatic nitrogens is 2. The van der Waals surface area contributed by atoms with Crippen molar-refractivity contribution in [3.8, 4) is 0 Å². The lowest BCUT2D eigenvalue weighted by Gasteiger charge is -2.34. The number of amides is 1. The molecule has 6 heteroatoms. The first kappa shape index (κ1) is 19.9. The monoisotopic (exact) mass is 379 g/mol. The molecule has 2 aromatic heterocycles. The van der Waals surface area contributed by atoms with Crippen molar-refractivity contribution in [3.63, 3.8) is 0 Å². The van der Waals surface area contributed by atoms with Gasteiger partial charge in [0, 0.05) is 44.6 Å². The highest BCUT2D eigenvalue weighted by Crippen LogP contribution is 2.24. The first-order chi connectivity index (χ1) is 13.6. The molecule has 3 aromatic rings. The van der Waals surface area contributed by atoms with E-state index in [2.05, 4.69) is 46.1 Å². The quantitative estimate of drug-likeness (QED) is 0.683. The fraction of sp³-hybridized carbons (Fsp3) is 0.364. The van der Waals surface area contributed by atoms with Crippen LogP contribution in [0.4, 0.5) is 5.69 Å². The lowest BCUT2D eigenvalue weighted by atomic mass is 10.1. The van der Waals surface area contributed by atoms with Gasteiger partial charge in [-0.05, 0) is 38.0 Å². The van der Waals surface area contributed by atoms with Crippen molar-refractivity contribution in [1.29, 1.82) is 0 Å². The maximum atomic E-state index is 10.7. The Morgan fingerprint density at radius 1 is 1.14 bits per heavy atom. The van der Waals surface area contributed by atoms with Gasteiger partial charge in [-0.3, -0.25) is 9.78 Å². The maximum Gasteiger partial charge on any atom is 0.209 e. The van der Waals surface area contributed by atoms with Gasteiger partial charge < -0.3 is 20.5 Å². The van der Waals surface area contributed by atoms with Crippen molar-refractivity contribution < 1.29 is 4.79 Å². The number of H-pyrrole nitrogens is 1. The fourth-order valence-electron chi connectivity index (χ4n) is 3.37. The van der Waals surface area contributed by atoms with E-state index in [4.69, 9.17) is 5.73 Å². The SMILES string of the molecule is Cc1ccc(C[C@H](C)N)cc1.O=CN1CCN(c2ccnc3cc[nH]c23)CC1. The zero-order chi connectivity index (χ0) is 19.9. The van der Waals surface area contributed by atoms with Crippen molar-refractivity contribution >= 4 is 23.1 Å². The summed E-state index contributed by atoms with van der Waals surface area (Å²) in [5.41, 5.74) is 11.5. The third-order valence-corrected chi connectivity index (χ3v) is 4.91. The normalized spacial score (nSPS) is 15.1. The lowest BCUT2D eigenvalue weighted by Crippen LogP contribution is -2.45. The molecule has 3 heterocycles. The largest absolute Gasteiger partial charge is 0.366 e. The van der Waals surface area contributed by atoms with Crippen LogP contribution in [0.1, 0.15) is 18.1 Å². The van der Waals surface area contributed by atoms with Gasteiger partial charge in [0.25, 0.3) is 0 Å². The Morgan fingerprint density at radius 2 is 1.86 bits per heavy atom. The van der Waals surface area contributed by atoms with Crippen LogP contribution in [0, 0.1) is 6.92 Å². The Bertz CT molecular complexity index is 879. The average Bonchev–Trinajstić information content (AvgIpc) is 3.19. The van der Waals surface area contributed by atoms with Gasteiger partial charge in [-0.1, -0.05) is 29.8 Å². The molecule has 0 bridgehead atoms. The van der Waals surface area contributed by atoms with Crippen LogP contribution in [0.3, 0.4) is 0 Å². The third-order valence-electron chi connectivity index (χ3n) is 4.91. The summed E-state index contributed by atoms with van der Waals surface area (Å²) in [6, 6.07) is 12.8. The predicted octanol–water partition coefficient (Wildman–Crippen LogP) is 2.73. The second kappa shape index (κ2) is 9.37. The van der Waals surface area contributed by atoms with E-state index in [0.29, 0.717) is 0 Å². The summed E-state index contributed by atoms with van der Waals surface area (Å²) in [4.78, 5) is 22.3. The molecule has 148 valence electrons. The number of carbonyl (C=O) groups excluding carboxylic acids is 1. The zero-order valence-electron chi connectivity index (χ0n) is 16.6. The number of nitrogens with one attached hydrogen (secondary N) is 1. The number of nitrogens with zero attached hydrogens (tertiary/aromatic N) is 3. The fourth-order valence-corrected chi connectivity index (χ4v) is 3.37. The van der Waals surface area contributed by atoms with Crippen LogP contribution in [0.2, 0.25) is 0 Å². The molecule has 1 saturated heterocycles. The molecule has 1 aliphatic rings. The molecule has 3 N–H and O–H groups in total. The van der Waals surface area contributed by atoms with Gasteiger partial charge in [0.2, 0.25) is 6.41 Å². The van der Waals surface area contributed by atoms with Gasteiger partial charge >= 0.3 is 0 Å². The molecule has 0 aliphatic carbocycles. The number of nitrogens with two attached hydrogens (primary N) is 1. The van der Waals surface area contributed by atoms with Gasteiger partial charge in [0.05, 0.1) is 16.7 Å². The third kappa shape index (κ3) is 5.10. The zero-order valence-corrected chi connectivity index (χ0v) is 16.6. The van der Waals surface area contributed by atoms with E-state index in [1.54, 1.807) is 0 Å². The lowest BCUT2D eigenvalue weighted by molar-refractivity contribution is -0.118. The Kier molecular flexibility index (Phi) is 6.66. The van der Waals surface area contributed by atoms with Crippen LogP contribution in [0.5, 0.6) is 0 Å². The molecule has 4 rings (SSSR count). The average molecular weight is 380 g/mol. The van der Waals surface area contributed by atoms with E-state index in [1.807, 2.05) is 36.4 Å². The van der Waals surface area contributed by atoms with Gasteiger partial charge in [-0.15, -0.1) is 0 Å². The van der Waals surface area contributed by atoms with Crippen molar-refractivity contribution in [3.05, 3.63) is 59.9 Å². The number of carbonyl (C=O) groups is 1. The molecular formula is C22H29N5O. The molecule has 0 saturated carbocycles. The van der Waals surface area contributed by atoms with Crippen LogP contribution >= 0.6 is 0 Å². The number of anilines is 1. The Labute approximate surface area is 166 Å². The molecule has 1 atom stereocenters. The van der Waals surface area contributed by atoms with Gasteiger partial charge in [-0.2, -0.15) is 0 Å². The summed E-state index contributed by atoms with van der Waals surface area (Å²) in [5.74, 6) is 0. The smallest absolute Gasteiger partial charge is 0.209 e. The van der Waals surface area contributed by atoms with Gasteiger partial charge in [0.1, 0.15) is 0 Å². The molecule has 1 aromatic carbocycles. The number of piperazine rings is 1. The number of hydrogen-bond donors (Lipinski definition) is 2. The number of aromatic amines is 1. The Morgan fingerprint density at radius 3 is 2.50 bits per heavy atom. The number of hydrogen-bond acceptors (Lipinski definition) is 4. The molecular weight excluding hydrogens is 350 g/mol. The van der Waals surface area contributed by atoms with Gasteiger partial charge in [-0.25, -0.2) is 0 Å². The highest BCUT2D eigenvalue weighted by Gasteiger charge is 2.17. The topological polar surface area (TPSA) is 78.2 Å².